The molecule has 0 fully saturated rings. The third-order valence-electron chi connectivity index (χ3n) is 1.96. The molecule has 0 atom stereocenters. The predicted molar refractivity (Wildman–Crippen MR) is 60.2 cm³/mol. The number of nitrogens with zero attached hydrogens (tertiary/aromatic N) is 2. The fraction of sp³-hybridized carbons (Fsp3) is 0.182. The molecule has 3 nitrogen and oxygen atoms in total. The van der Waals surface area contributed by atoms with Gasteiger partial charge in [-0.05, 0) is 32.0 Å². The van der Waals surface area contributed by atoms with E-state index in [2.05, 4.69) is 9.97 Å². The van der Waals surface area contributed by atoms with Crippen LogP contribution in [0.5, 0.6) is 0 Å². The van der Waals surface area contributed by atoms with Gasteiger partial charge in [-0.3, -0.25) is 4.79 Å². The summed E-state index contributed by atoms with van der Waals surface area (Å²) in [5.74, 6) is 0.634. The molecule has 76 valence electrons. The topological polar surface area (TPSA) is 42.9 Å². The molecule has 0 unspecified atom stereocenters. The molecule has 0 aliphatic carbocycles. The molecule has 15 heavy (non-hydrogen) atoms. The smallest absolute Gasteiger partial charge is 0.170 e. The summed E-state index contributed by atoms with van der Waals surface area (Å²) in [7, 11) is 0. The SMILES string of the molecule is Cc1cc(C=O)nc(-c2ccc(C)s2)n1. The summed E-state index contributed by atoms with van der Waals surface area (Å²) >= 11 is 1.63. The van der Waals surface area contributed by atoms with E-state index in [1.165, 1.54) is 4.88 Å². The maximum atomic E-state index is 10.7. The zero-order chi connectivity index (χ0) is 10.8. The minimum atomic E-state index is 0.434. The van der Waals surface area contributed by atoms with Crippen LogP contribution in [0.15, 0.2) is 18.2 Å². The Morgan fingerprint density at radius 2 is 2.07 bits per heavy atom. The summed E-state index contributed by atoms with van der Waals surface area (Å²) < 4.78 is 0. The van der Waals surface area contributed by atoms with Crippen molar-refractivity contribution in [1.82, 2.24) is 9.97 Å². The Bertz CT molecular complexity index is 505. The molecule has 2 aromatic heterocycles. The van der Waals surface area contributed by atoms with E-state index in [-0.39, 0.29) is 0 Å². The second-order valence-corrected chi connectivity index (χ2v) is 4.57. The standard InChI is InChI=1S/C11H10N2OS/c1-7-5-9(6-14)13-11(12-7)10-4-3-8(2)15-10/h3-6H,1-2H3. The van der Waals surface area contributed by atoms with Crippen molar-refractivity contribution in [3.8, 4) is 10.7 Å². The van der Waals surface area contributed by atoms with Crippen LogP contribution in [0.3, 0.4) is 0 Å². The van der Waals surface area contributed by atoms with Gasteiger partial charge in [-0.25, -0.2) is 9.97 Å². The van der Waals surface area contributed by atoms with Crippen LogP contribution in [0.2, 0.25) is 0 Å². The molecule has 0 aromatic carbocycles. The highest BCUT2D eigenvalue weighted by atomic mass is 32.1. The van der Waals surface area contributed by atoms with Crippen molar-refractivity contribution in [2.24, 2.45) is 0 Å². The number of aromatic nitrogens is 2. The van der Waals surface area contributed by atoms with E-state index in [1.807, 2.05) is 26.0 Å². The maximum Gasteiger partial charge on any atom is 0.170 e. The zero-order valence-corrected chi connectivity index (χ0v) is 9.34. The normalized spacial score (nSPS) is 10.3. The van der Waals surface area contributed by atoms with Crippen LogP contribution in [0, 0.1) is 13.8 Å². The van der Waals surface area contributed by atoms with Crippen molar-refractivity contribution in [1.29, 1.82) is 0 Å². The molecule has 2 rings (SSSR count). The van der Waals surface area contributed by atoms with Crippen LogP contribution in [-0.4, -0.2) is 16.3 Å². The first-order valence-electron chi connectivity index (χ1n) is 4.57. The van der Waals surface area contributed by atoms with E-state index >= 15 is 0 Å². The van der Waals surface area contributed by atoms with E-state index in [0.29, 0.717) is 11.5 Å². The van der Waals surface area contributed by atoms with Gasteiger partial charge in [0.05, 0.1) is 4.88 Å². The molecule has 0 aliphatic heterocycles. The van der Waals surface area contributed by atoms with Crippen molar-refractivity contribution in [3.05, 3.63) is 34.5 Å². The lowest BCUT2D eigenvalue weighted by Crippen LogP contribution is -1.95. The van der Waals surface area contributed by atoms with Crippen molar-refractivity contribution in [2.45, 2.75) is 13.8 Å². The number of thiophene rings is 1. The fourth-order valence-electron chi connectivity index (χ4n) is 1.32. The second-order valence-electron chi connectivity index (χ2n) is 3.29. The van der Waals surface area contributed by atoms with Gasteiger partial charge in [-0.1, -0.05) is 0 Å². The Morgan fingerprint density at radius 1 is 1.27 bits per heavy atom. The van der Waals surface area contributed by atoms with Crippen LogP contribution < -0.4 is 0 Å². The number of rotatable bonds is 2. The van der Waals surface area contributed by atoms with Gasteiger partial charge in [0, 0.05) is 10.6 Å². The maximum absolute atomic E-state index is 10.7. The van der Waals surface area contributed by atoms with Crippen LogP contribution in [-0.2, 0) is 0 Å². The van der Waals surface area contributed by atoms with Crippen molar-refractivity contribution in [2.75, 3.05) is 0 Å². The van der Waals surface area contributed by atoms with Gasteiger partial charge in [0.15, 0.2) is 12.1 Å². The van der Waals surface area contributed by atoms with E-state index in [0.717, 1.165) is 16.9 Å². The van der Waals surface area contributed by atoms with Crippen molar-refractivity contribution < 1.29 is 4.79 Å². The summed E-state index contributed by atoms with van der Waals surface area (Å²) in [6, 6.07) is 5.67. The molecule has 4 heteroatoms. The molecule has 2 aromatic rings. The monoisotopic (exact) mass is 218 g/mol. The van der Waals surface area contributed by atoms with Gasteiger partial charge < -0.3 is 0 Å². The van der Waals surface area contributed by atoms with E-state index in [9.17, 15) is 4.79 Å². The first kappa shape index (κ1) is 9.98. The highest BCUT2D eigenvalue weighted by Gasteiger charge is 2.06. The average Bonchev–Trinajstić information content (AvgIpc) is 2.64. The minimum absolute atomic E-state index is 0.434. The third kappa shape index (κ3) is 2.10. The minimum Gasteiger partial charge on any atom is -0.296 e. The molecule has 0 saturated heterocycles. The molecule has 0 radical (unpaired) electrons. The molecule has 0 amide bonds. The quantitative estimate of drug-likeness (QED) is 0.728. The molecule has 0 N–H and O–H groups in total. The van der Waals surface area contributed by atoms with E-state index < -0.39 is 0 Å². The second kappa shape index (κ2) is 3.90. The summed E-state index contributed by atoms with van der Waals surface area (Å²) in [4.78, 5) is 21.3. The van der Waals surface area contributed by atoms with Gasteiger partial charge in [-0.15, -0.1) is 11.3 Å². The zero-order valence-electron chi connectivity index (χ0n) is 8.52. The largest absolute Gasteiger partial charge is 0.296 e. The number of aldehydes is 1. The lowest BCUT2D eigenvalue weighted by Gasteiger charge is -1.99. The first-order chi connectivity index (χ1) is 7.19. The lowest BCUT2D eigenvalue weighted by atomic mass is 10.3. The molecule has 0 saturated carbocycles. The molecular formula is C11H10N2OS. The highest BCUT2D eigenvalue weighted by molar-refractivity contribution is 7.15. The molecular weight excluding hydrogens is 208 g/mol. The van der Waals surface area contributed by atoms with Crippen molar-refractivity contribution >= 4 is 17.6 Å². The van der Waals surface area contributed by atoms with E-state index in [4.69, 9.17) is 0 Å². The number of hydrogen-bond acceptors (Lipinski definition) is 4. The Balaban J connectivity index is 2.52. The van der Waals surface area contributed by atoms with Gasteiger partial charge in [0.1, 0.15) is 5.69 Å². The lowest BCUT2D eigenvalue weighted by molar-refractivity contribution is 0.111. The van der Waals surface area contributed by atoms with E-state index in [1.54, 1.807) is 17.4 Å². The van der Waals surface area contributed by atoms with Crippen LogP contribution >= 0.6 is 11.3 Å². The summed E-state index contributed by atoms with van der Waals surface area (Å²) in [6.07, 6.45) is 0.749. The Morgan fingerprint density at radius 3 is 2.67 bits per heavy atom. The first-order valence-corrected chi connectivity index (χ1v) is 5.38. The number of hydrogen-bond donors (Lipinski definition) is 0. The summed E-state index contributed by atoms with van der Waals surface area (Å²) in [5.41, 5.74) is 1.25. The summed E-state index contributed by atoms with van der Waals surface area (Å²) in [5, 5.41) is 0. The predicted octanol–water partition coefficient (Wildman–Crippen LogP) is 2.63. The number of carbonyl (C=O) groups excluding carboxylic acids is 1. The van der Waals surface area contributed by atoms with Crippen LogP contribution in [0.25, 0.3) is 10.7 Å². The van der Waals surface area contributed by atoms with Crippen LogP contribution in [0.1, 0.15) is 21.1 Å². The Kier molecular flexibility index (Phi) is 2.60. The number of aryl methyl sites for hydroxylation is 2. The molecule has 2 heterocycles. The average molecular weight is 218 g/mol. The van der Waals surface area contributed by atoms with Gasteiger partial charge in [-0.2, -0.15) is 0 Å². The summed E-state index contributed by atoms with van der Waals surface area (Å²) in [6.45, 7) is 3.89. The van der Waals surface area contributed by atoms with Gasteiger partial charge in [0.25, 0.3) is 0 Å². The number of carbonyl (C=O) groups is 1. The Hall–Kier alpha value is -1.55. The Labute approximate surface area is 91.8 Å². The molecule has 0 spiro atoms. The van der Waals surface area contributed by atoms with Crippen molar-refractivity contribution in [3.63, 3.8) is 0 Å². The third-order valence-corrected chi connectivity index (χ3v) is 2.95. The molecule has 0 bridgehead atoms. The molecule has 0 aliphatic rings. The van der Waals surface area contributed by atoms with Gasteiger partial charge >= 0.3 is 0 Å². The fourth-order valence-corrected chi connectivity index (χ4v) is 2.12. The van der Waals surface area contributed by atoms with Crippen LogP contribution in [0.4, 0.5) is 0 Å². The highest BCUT2D eigenvalue weighted by Crippen LogP contribution is 2.24. The van der Waals surface area contributed by atoms with Gasteiger partial charge in [0.2, 0.25) is 0 Å².